The van der Waals surface area contributed by atoms with Gasteiger partial charge in [-0.15, -0.1) is 0 Å². The lowest BCUT2D eigenvalue weighted by molar-refractivity contribution is -0.149. The molecule has 1 heterocycles. The third-order valence-corrected chi connectivity index (χ3v) is 4.32. The number of piperidine rings is 1. The quantitative estimate of drug-likeness (QED) is 0.475. The third-order valence-electron chi connectivity index (χ3n) is 4.32. The molecule has 1 atom stereocenters. The van der Waals surface area contributed by atoms with Crippen LogP contribution in [0.2, 0.25) is 0 Å². The second kappa shape index (κ2) is 9.11. The van der Waals surface area contributed by atoms with Crippen LogP contribution in [0.1, 0.15) is 40.5 Å². The minimum absolute atomic E-state index is 0.0191. The van der Waals surface area contributed by atoms with Crippen molar-refractivity contribution >= 4 is 11.9 Å². The van der Waals surface area contributed by atoms with Crippen LogP contribution in [0.5, 0.6) is 0 Å². The largest absolute Gasteiger partial charge is 0.466 e. The van der Waals surface area contributed by atoms with Gasteiger partial charge < -0.3 is 19.7 Å². The second-order valence-electron chi connectivity index (χ2n) is 7.03. The van der Waals surface area contributed by atoms with Crippen molar-refractivity contribution in [3.05, 3.63) is 0 Å². The third kappa shape index (κ3) is 6.01. The summed E-state index contributed by atoms with van der Waals surface area (Å²) in [7, 11) is 3.53. The zero-order valence-electron chi connectivity index (χ0n) is 15.5. The molecule has 1 N–H and O–H groups in total. The molecule has 23 heavy (non-hydrogen) atoms. The number of ether oxygens (including phenoxy) is 2. The van der Waals surface area contributed by atoms with Crippen LogP contribution < -0.4 is 5.32 Å². The fourth-order valence-corrected chi connectivity index (χ4v) is 2.85. The van der Waals surface area contributed by atoms with Crippen molar-refractivity contribution in [3.63, 3.8) is 0 Å². The number of carbonyl (C=O) groups excluding carboxylic acids is 1. The molecule has 0 aliphatic carbocycles. The van der Waals surface area contributed by atoms with Crippen LogP contribution in [0, 0.1) is 11.3 Å². The predicted octanol–water partition coefficient (Wildman–Crippen LogP) is 1.90. The van der Waals surface area contributed by atoms with Gasteiger partial charge in [-0.1, -0.05) is 20.8 Å². The summed E-state index contributed by atoms with van der Waals surface area (Å²) in [6.07, 6.45) is 1.73. The summed E-state index contributed by atoms with van der Waals surface area (Å²) in [5.74, 6) is 0.825. The molecule has 0 radical (unpaired) electrons. The zero-order chi connectivity index (χ0) is 17.5. The Kier molecular flexibility index (Phi) is 7.82. The van der Waals surface area contributed by atoms with Gasteiger partial charge in [0.05, 0.1) is 18.6 Å². The van der Waals surface area contributed by atoms with Gasteiger partial charge in [0, 0.05) is 33.8 Å². The lowest BCUT2D eigenvalue weighted by Gasteiger charge is -2.35. The van der Waals surface area contributed by atoms with Gasteiger partial charge >= 0.3 is 5.97 Å². The monoisotopic (exact) mass is 327 g/mol. The normalized spacial score (nSPS) is 18.7. The number of rotatable bonds is 5. The molecule has 0 amide bonds. The molecule has 0 spiro atoms. The van der Waals surface area contributed by atoms with Crippen molar-refractivity contribution in [1.29, 1.82) is 0 Å². The molecule has 0 saturated carbocycles. The van der Waals surface area contributed by atoms with Crippen LogP contribution in [0.3, 0.4) is 0 Å². The highest BCUT2D eigenvalue weighted by Crippen LogP contribution is 2.22. The Labute approximate surface area is 140 Å². The number of hydrogen-bond donors (Lipinski definition) is 1. The van der Waals surface area contributed by atoms with Crippen molar-refractivity contribution < 1.29 is 14.3 Å². The van der Waals surface area contributed by atoms with E-state index in [-0.39, 0.29) is 23.4 Å². The van der Waals surface area contributed by atoms with Gasteiger partial charge in [-0.2, -0.15) is 0 Å². The molecule has 1 unspecified atom stereocenters. The summed E-state index contributed by atoms with van der Waals surface area (Å²) in [4.78, 5) is 18.4. The van der Waals surface area contributed by atoms with Gasteiger partial charge in [-0.3, -0.25) is 9.79 Å². The second-order valence-corrected chi connectivity index (χ2v) is 7.03. The highest BCUT2D eigenvalue weighted by Gasteiger charge is 2.29. The number of nitrogens with zero attached hydrogens (tertiary/aromatic N) is 2. The Morgan fingerprint density at radius 2 is 1.96 bits per heavy atom. The average Bonchev–Trinajstić information content (AvgIpc) is 2.51. The number of methoxy groups -OCH3 is 1. The molecule has 0 bridgehead atoms. The standard InChI is InChI=1S/C17H33N3O3/c1-7-23-15(21)13-8-10-20(11-9-13)16(18-5)19-12-14(22-6)17(2,3)4/h13-14H,7-12H2,1-6H3,(H,18,19). The Hall–Kier alpha value is -1.30. The number of likely N-dealkylation sites (tertiary alicyclic amines) is 1. The van der Waals surface area contributed by atoms with E-state index in [1.54, 1.807) is 14.2 Å². The first kappa shape index (κ1) is 19.7. The van der Waals surface area contributed by atoms with E-state index in [9.17, 15) is 4.79 Å². The van der Waals surface area contributed by atoms with Gasteiger partial charge in [-0.25, -0.2) is 0 Å². The Balaban J connectivity index is 2.50. The van der Waals surface area contributed by atoms with Crippen LogP contribution in [0.15, 0.2) is 4.99 Å². The first-order valence-corrected chi connectivity index (χ1v) is 8.48. The Morgan fingerprint density at radius 3 is 2.39 bits per heavy atom. The lowest BCUT2D eigenvalue weighted by Crippen LogP contribution is -2.50. The minimum Gasteiger partial charge on any atom is -0.466 e. The number of aliphatic imine (C=N–C) groups is 1. The van der Waals surface area contributed by atoms with E-state index in [0.717, 1.165) is 31.9 Å². The number of esters is 1. The van der Waals surface area contributed by atoms with Crippen molar-refractivity contribution in [1.82, 2.24) is 10.2 Å². The summed E-state index contributed by atoms with van der Waals surface area (Å²) >= 11 is 0. The number of nitrogens with one attached hydrogen (secondary N) is 1. The van der Waals surface area contributed by atoms with Gasteiger partial charge in [0.15, 0.2) is 5.96 Å². The summed E-state index contributed by atoms with van der Waals surface area (Å²) in [5.41, 5.74) is 0.0670. The first-order chi connectivity index (χ1) is 10.8. The number of carbonyl (C=O) groups is 1. The van der Waals surface area contributed by atoms with Crippen LogP contribution in [0.4, 0.5) is 0 Å². The van der Waals surface area contributed by atoms with Crippen LogP contribution in [-0.2, 0) is 14.3 Å². The molecule has 1 fully saturated rings. The fourth-order valence-electron chi connectivity index (χ4n) is 2.85. The Morgan fingerprint density at radius 1 is 1.35 bits per heavy atom. The lowest BCUT2D eigenvalue weighted by atomic mass is 9.89. The molecule has 1 rings (SSSR count). The van der Waals surface area contributed by atoms with E-state index in [1.165, 1.54) is 0 Å². The molecule has 6 heteroatoms. The summed E-state index contributed by atoms with van der Waals surface area (Å²) in [5, 5.41) is 3.40. The van der Waals surface area contributed by atoms with Crippen molar-refractivity contribution in [3.8, 4) is 0 Å². The summed E-state index contributed by atoms with van der Waals surface area (Å²) < 4.78 is 10.7. The summed E-state index contributed by atoms with van der Waals surface area (Å²) in [6, 6.07) is 0. The van der Waals surface area contributed by atoms with E-state index < -0.39 is 0 Å². The predicted molar refractivity (Wildman–Crippen MR) is 92.5 cm³/mol. The molecule has 6 nitrogen and oxygen atoms in total. The number of guanidine groups is 1. The maximum atomic E-state index is 11.8. The zero-order valence-corrected chi connectivity index (χ0v) is 15.5. The smallest absolute Gasteiger partial charge is 0.309 e. The molecule has 1 saturated heterocycles. The van der Waals surface area contributed by atoms with Gasteiger partial charge in [-0.05, 0) is 25.2 Å². The van der Waals surface area contributed by atoms with E-state index in [4.69, 9.17) is 9.47 Å². The highest BCUT2D eigenvalue weighted by atomic mass is 16.5. The van der Waals surface area contributed by atoms with E-state index in [1.807, 2.05) is 6.92 Å². The Bertz CT molecular complexity index is 396. The molecular weight excluding hydrogens is 294 g/mol. The summed E-state index contributed by atoms with van der Waals surface area (Å²) in [6.45, 7) is 11.1. The van der Waals surface area contributed by atoms with E-state index in [2.05, 4.69) is 36.0 Å². The van der Waals surface area contributed by atoms with E-state index >= 15 is 0 Å². The molecule has 134 valence electrons. The molecule has 1 aliphatic heterocycles. The molecule has 1 aliphatic rings. The fraction of sp³-hybridized carbons (Fsp3) is 0.882. The van der Waals surface area contributed by atoms with Gasteiger partial charge in [0.2, 0.25) is 0 Å². The SMILES string of the molecule is CCOC(=O)C1CCN(C(=NC)NCC(OC)C(C)(C)C)CC1. The molecule has 0 aromatic carbocycles. The van der Waals surface area contributed by atoms with Crippen molar-refractivity contribution in [2.75, 3.05) is 40.4 Å². The molecule has 0 aromatic rings. The maximum absolute atomic E-state index is 11.8. The molecular formula is C17H33N3O3. The van der Waals surface area contributed by atoms with Gasteiger partial charge in [0.25, 0.3) is 0 Å². The minimum atomic E-state index is -0.0673. The van der Waals surface area contributed by atoms with Crippen molar-refractivity contribution in [2.24, 2.45) is 16.3 Å². The van der Waals surface area contributed by atoms with Crippen LogP contribution in [-0.4, -0.2) is 63.3 Å². The van der Waals surface area contributed by atoms with Crippen LogP contribution in [0.25, 0.3) is 0 Å². The van der Waals surface area contributed by atoms with Gasteiger partial charge in [0.1, 0.15) is 0 Å². The topological polar surface area (TPSA) is 63.2 Å². The average molecular weight is 327 g/mol. The first-order valence-electron chi connectivity index (χ1n) is 8.48. The molecule has 0 aromatic heterocycles. The van der Waals surface area contributed by atoms with E-state index in [0.29, 0.717) is 13.2 Å². The van der Waals surface area contributed by atoms with Crippen LogP contribution >= 0.6 is 0 Å². The maximum Gasteiger partial charge on any atom is 0.309 e. The number of hydrogen-bond acceptors (Lipinski definition) is 4. The van der Waals surface area contributed by atoms with Crippen molar-refractivity contribution in [2.45, 2.75) is 46.6 Å². The highest BCUT2D eigenvalue weighted by molar-refractivity contribution is 5.80.